The fraction of sp³-hybridized carbons (Fsp3) is 1.00. The molecule has 0 rings (SSSR count). The Bertz CT molecular complexity index is 161. The average molecular weight is 248 g/mol. The molecule has 0 heterocycles. The first-order valence-corrected chi connectivity index (χ1v) is 7.51. The van der Waals surface area contributed by atoms with Crippen molar-refractivity contribution in [3.8, 4) is 0 Å². The van der Waals surface area contributed by atoms with Crippen LogP contribution in [0.25, 0.3) is 0 Å². The molecule has 0 aliphatic carbocycles. The monoisotopic (exact) mass is 248 g/mol. The molecule has 13 heavy (non-hydrogen) atoms. The van der Waals surface area contributed by atoms with Crippen molar-refractivity contribution in [1.82, 2.24) is 0 Å². The summed E-state index contributed by atoms with van der Waals surface area (Å²) in [5.74, 6) is 1.41. The van der Waals surface area contributed by atoms with Crippen molar-refractivity contribution in [1.29, 1.82) is 0 Å². The van der Waals surface area contributed by atoms with Crippen LogP contribution in [0, 0.1) is 0 Å². The zero-order valence-electron chi connectivity index (χ0n) is 7.21. The van der Waals surface area contributed by atoms with Gasteiger partial charge in [-0.1, -0.05) is 21.6 Å². The molecular formula is C5H13O5PS2. The molecule has 80 valence electrons. The third kappa shape index (κ3) is 12.8. The highest BCUT2D eigenvalue weighted by Gasteiger charge is 2.12. The smallest absolute Gasteiger partial charge is 0.384 e. The van der Waals surface area contributed by atoms with Gasteiger partial charge in [0.25, 0.3) is 0 Å². The molecule has 0 saturated carbocycles. The standard InChI is InChI=1S/C5H13O5PS2/c1-9-2-4-12-13-5-3-10-11(6,7)8/h2-5H2,1H3,(H2,6,7,8). The molecule has 5 nitrogen and oxygen atoms in total. The summed E-state index contributed by atoms with van der Waals surface area (Å²) in [6.07, 6.45) is 0. The van der Waals surface area contributed by atoms with E-state index in [-0.39, 0.29) is 6.61 Å². The molecule has 0 saturated heterocycles. The highest BCUT2D eigenvalue weighted by molar-refractivity contribution is 8.76. The maximum absolute atomic E-state index is 10.2. The van der Waals surface area contributed by atoms with Gasteiger partial charge in [-0.3, -0.25) is 4.52 Å². The van der Waals surface area contributed by atoms with E-state index < -0.39 is 7.82 Å². The first-order valence-electron chi connectivity index (χ1n) is 3.49. The second kappa shape index (κ2) is 8.11. The third-order valence-corrected chi connectivity index (χ3v) is 3.73. The number of methoxy groups -OCH3 is 1. The summed E-state index contributed by atoms with van der Waals surface area (Å²) in [7, 11) is 0.442. The average Bonchev–Trinajstić information content (AvgIpc) is 2.01. The summed E-state index contributed by atoms with van der Waals surface area (Å²) in [5, 5.41) is 0. The molecule has 0 amide bonds. The maximum Gasteiger partial charge on any atom is 0.469 e. The molecule has 0 aliphatic rings. The number of hydrogen-bond donors (Lipinski definition) is 2. The van der Waals surface area contributed by atoms with E-state index in [2.05, 4.69) is 4.52 Å². The zero-order chi connectivity index (χ0) is 10.2. The van der Waals surface area contributed by atoms with Crippen LogP contribution >= 0.6 is 29.4 Å². The summed E-state index contributed by atoms with van der Waals surface area (Å²) in [6.45, 7) is 0.742. The molecule has 0 aromatic carbocycles. The van der Waals surface area contributed by atoms with Crippen LogP contribution in [0.4, 0.5) is 0 Å². The first-order chi connectivity index (χ1) is 6.06. The fourth-order valence-electron chi connectivity index (χ4n) is 0.425. The van der Waals surface area contributed by atoms with Gasteiger partial charge in [0, 0.05) is 18.6 Å². The molecule has 0 spiro atoms. The van der Waals surface area contributed by atoms with Gasteiger partial charge >= 0.3 is 7.82 Å². The molecule has 0 atom stereocenters. The lowest BCUT2D eigenvalue weighted by Crippen LogP contribution is -1.94. The predicted octanol–water partition coefficient (Wildman–Crippen LogP) is 1.12. The molecule has 0 aromatic rings. The second-order valence-corrected chi connectivity index (χ2v) is 5.90. The first kappa shape index (κ1) is 13.8. The Balaban J connectivity index is 3.04. The van der Waals surface area contributed by atoms with Gasteiger partial charge in [0.2, 0.25) is 0 Å². The molecule has 0 bridgehead atoms. The van der Waals surface area contributed by atoms with E-state index in [0.717, 1.165) is 5.75 Å². The van der Waals surface area contributed by atoms with Crippen LogP contribution in [0.5, 0.6) is 0 Å². The lowest BCUT2D eigenvalue weighted by Gasteiger charge is -2.03. The molecule has 8 heteroatoms. The number of ether oxygens (including phenoxy) is 1. The predicted molar refractivity (Wildman–Crippen MR) is 54.8 cm³/mol. The number of phosphoric acid groups is 1. The normalized spacial score (nSPS) is 11.9. The van der Waals surface area contributed by atoms with Crippen LogP contribution in [0.3, 0.4) is 0 Å². The van der Waals surface area contributed by atoms with Crippen molar-refractivity contribution in [2.75, 3.05) is 31.8 Å². The number of rotatable bonds is 8. The number of phosphoric ester groups is 1. The van der Waals surface area contributed by atoms with Gasteiger partial charge in [0.05, 0.1) is 13.2 Å². The van der Waals surface area contributed by atoms with Crippen molar-refractivity contribution < 1.29 is 23.6 Å². The van der Waals surface area contributed by atoms with E-state index in [1.165, 1.54) is 10.8 Å². The van der Waals surface area contributed by atoms with Crippen LogP contribution in [0.1, 0.15) is 0 Å². The summed E-state index contributed by atoms with van der Waals surface area (Å²) in [4.78, 5) is 16.6. The second-order valence-electron chi connectivity index (χ2n) is 1.96. The minimum atomic E-state index is -4.27. The topological polar surface area (TPSA) is 76.0 Å². The molecule has 0 aromatic heterocycles. The highest BCUT2D eigenvalue weighted by Crippen LogP contribution is 2.36. The zero-order valence-corrected chi connectivity index (χ0v) is 9.74. The van der Waals surface area contributed by atoms with E-state index in [4.69, 9.17) is 14.5 Å². The van der Waals surface area contributed by atoms with Crippen molar-refractivity contribution >= 4 is 29.4 Å². The summed E-state index contributed by atoms with van der Waals surface area (Å²) in [6, 6.07) is 0. The van der Waals surface area contributed by atoms with E-state index in [1.54, 1.807) is 17.9 Å². The van der Waals surface area contributed by atoms with Gasteiger partial charge in [0.1, 0.15) is 0 Å². The molecule has 0 aliphatic heterocycles. The van der Waals surface area contributed by atoms with Gasteiger partial charge in [-0.25, -0.2) is 4.57 Å². The van der Waals surface area contributed by atoms with Crippen LogP contribution in [0.2, 0.25) is 0 Å². The van der Waals surface area contributed by atoms with E-state index in [0.29, 0.717) is 12.4 Å². The summed E-state index contributed by atoms with van der Waals surface area (Å²) >= 11 is 0. The van der Waals surface area contributed by atoms with E-state index in [9.17, 15) is 4.57 Å². The minimum Gasteiger partial charge on any atom is -0.384 e. The minimum absolute atomic E-state index is 0.0644. The van der Waals surface area contributed by atoms with Crippen LogP contribution in [-0.2, 0) is 13.8 Å². The summed E-state index contributed by atoms with van der Waals surface area (Å²) < 4.78 is 19.3. The Morgan fingerprint density at radius 2 is 1.77 bits per heavy atom. The van der Waals surface area contributed by atoms with Crippen LogP contribution < -0.4 is 0 Å². The maximum atomic E-state index is 10.2. The Hall–Kier alpha value is 0.770. The Morgan fingerprint density at radius 1 is 1.23 bits per heavy atom. The quantitative estimate of drug-likeness (QED) is 0.378. The van der Waals surface area contributed by atoms with Gasteiger partial charge in [-0.05, 0) is 0 Å². The van der Waals surface area contributed by atoms with Gasteiger partial charge in [-0.15, -0.1) is 0 Å². The molecule has 0 radical (unpaired) electrons. The van der Waals surface area contributed by atoms with Crippen LogP contribution in [0.15, 0.2) is 0 Å². The Kier molecular flexibility index (Phi) is 8.59. The third-order valence-electron chi connectivity index (χ3n) is 0.880. The van der Waals surface area contributed by atoms with Crippen LogP contribution in [-0.4, -0.2) is 41.6 Å². The Morgan fingerprint density at radius 3 is 2.23 bits per heavy atom. The van der Waals surface area contributed by atoms with Crippen molar-refractivity contribution in [3.05, 3.63) is 0 Å². The SMILES string of the molecule is COCCSSCCOP(=O)(O)O. The lowest BCUT2D eigenvalue weighted by atomic mass is 10.9. The lowest BCUT2D eigenvalue weighted by molar-refractivity contribution is 0.208. The van der Waals surface area contributed by atoms with Crippen molar-refractivity contribution in [2.45, 2.75) is 0 Å². The van der Waals surface area contributed by atoms with Crippen molar-refractivity contribution in [3.63, 3.8) is 0 Å². The molecular weight excluding hydrogens is 235 g/mol. The van der Waals surface area contributed by atoms with Crippen molar-refractivity contribution in [2.24, 2.45) is 0 Å². The summed E-state index contributed by atoms with van der Waals surface area (Å²) in [5.41, 5.74) is 0. The molecule has 2 N–H and O–H groups in total. The van der Waals surface area contributed by atoms with Gasteiger partial charge in [0.15, 0.2) is 0 Å². The molecule has 0 unspecified atom stereocenters. The largest absolute Gasteiger partial charge is 0.469 e. The molecule has 0 fully saturated rings. The highest BCUT2D eigenvalue weighted by atomic mass is 33.1. The fourth-order valence-corrected chi connectivity index (χ4v) is 2.62. The Labute approximate surface area is 85.2 Å². The van der Waals surface area contributed by atoms with E-state index in [1.807, 2.05) is 0 Å². The van der Waals surface area contributed by atoms with E-state index >= 15 is 0 Å². The van der Waals surface area contributed by atoms with Gasteiger partial charge < -0.3 is 14.5 Å². The van der Waals surface area contributed by atoms with Gasteiger partial charge in [-0.2, -0.15) is 0 Å². The number of hydrogen-bond acceptors (Lipinski definition) is 5.